The van der Waals surface area contributed by atoms with Crippen molar-refractivity contribution < 1.29 is 0 Å². The highest BCUT2D eigenvalue weighted by atomic mass is 32.1. The molecule has 0 aliphatic carbocycles. The van der Waals surface area contributed by atoms with Crippen LogP contribution >= 0.6 is 11.3 Å². The van der Waals surface area contributed by atoms with Crippen molar-refractivity contribution in [3.05, 3.63) is 176 Å². The zero-order valence-electron chi connectivity index (χ0n) is 29.0. The molecule has 0 saturated carbocycles. The topological polar surface area (TPSA) is 30.7 Å². The second kappa shape index (κ2) is 11.3. The number of nitrogens with zero attached hydrogens (tertiary/aromatic N) is 3. The predicted molar refractivity (Wildman–Crippen MR) is 230 cm³/mol. The van der Waals surface area contributed by atoms with E-state index in [0.717, 1.165) is 44.6 Å². The van der Waals surface area contributed by atoms with Crippen LogP contribution in [0.25, 0.3) is 114 Å². The van der Waals surface area contributed by atoms with E-state index in [1.54, 1.807) is 0 Å². The van der Waals surface area contributed by atoms with Crippen LogP contribution in [-0.4, -0.2) is 14.5 Å². The van der Waals surface area contributed by atoms with Crippen LogP contribution < -0.4 is 0 Å². The van der Waals surface area contributed by atoms with Crippen LogP contribution in [0.4, 0.5) is 0 Å². The van der Waals surface area contributed by atoms with Gasteiger partial charge in [-0.15, -0.1) is 11.3 Å². The van der Waals surface area contributed by atoms with E-state index in [1.165, 1.54) is 68.9 Å². The molecule has 4 heteroatoms. The van der Waals surface area contributed by atoms with Gasteiger partial charge in [0.1, 0.15) is 0 Å². The molecule has 0 aliphatic rings. The molecule has 0 atom stereocenters. The van der Waals surface area contributed by atoms with E-state index in [4.69, 9.17) is 9.97 Å². The summed E-state index contributed by atoms with van der Waals surface area (Å²) in [5.74, 6) is 0. The van der Waals surface area contributed by atoms with Crippen molar-refractivity contribution in [3.8, 4) is 28.2 Å². The molecule has 54 heavy (non-hydrogen) atoms. The number of hydrogen-bond donors (Lipinski definition) is 0. The smallest absolute Gasteiger partial charge is 0.0973 e. The predicted octanol–water partition coefficient (Wildman–Crippen LogP) is 13.9. The van der Waals surface area contributed by atoms with E-state index in [2.05, 4.69) is 168 Å². The van der Waals surface area contributed by atoms with Crippen LogP contribution in [0, 0.1) is 0 Å². The zero-order chi connectivity index (χ0) is 35.3. The van der Waals surface area contributed by atoms with Crippen LogP contribution in [0.2, 0.25) is 0 Å². The summed E-state index contributed by atoms with van der Waals surface area (Å²) in [7, 11) is 0. The lowest BCUT2D eigenvalue weighted by molar-refractivity contribution is 1.19. The molecular formula is C50H29N3S. The number of para-hydroxylation sites is 2. The Balaban J connectivity index is 1.05. The van der Waals surface area contributed by atoms with Crippen molar-refractivity contribution >= 4 is 96.7 Å². The largest absolute Gasteiger partial charge is 0.309 e. The molecule has 3 aromatic heterocycles. The van der Waals surface area contributed by atoms with Gasteiger partial charge in [0.25, 0.3) is 0 Å². The molecule has 0 bridgehead atoms. The van der Waals surface area contributed by atoms with Crippen molar-refractivity contribution in [3.63, 3.8) is 0 Å². The standard InChI is InChI=1S/C50H29N3S/c1-2-11-32-28-45-42(27-31(32)10-1)41-24-20-30-9-3-4-12-38(30)50(41)53(45)37-22-19-33-25-35(18-17-34(33)26-37)48-49(52-44-15-7-6-14-43(44)51-48)36-21-23-40-39-13-5-8-16-46(39)54-47(40)29-36/h1-29H. The van der Waals surface area contributed by atoms with Gasteiger partial charge in [-0.05, 0) is 81.5 Å². The second-order valence-electron chi connectivity index (χ2n) is 14.2. The van der Waals surface area contributed by atoms with Crippen LogP contribution in [0.15, 0.2) is 176 Å². The van der Waals surface area contributed by atoms with Crippen LogP contribution in [0.1, 0.15) is 0 Å². The Bertz CT molecular complexity index is 3520. The van der Waals surface area contributed by atoms with Gasteiger partial charge in [-0.25, -0.2) is 9.97 Å². The summed E-state index contributed by atoms with van der Waals surface area (Å²) >= 11 is 1.83. The Morgan fingerprint density at radius 3 is 1.78 bits per heavy atom. The van der Waals surface area contributed by atoms with E-state index in [-0.39, 0.29) is 0 Å². The molecule has 0 saturated heterocycles. The first-order valence-corrected chi connectivity index (χ1v) is 19.1. The summed E-state index contributed by atoms with van der Waals surface area (Å²) in [5.41, 5.74) is 9.28. The molecule has 3 heterocycles. The second-order valence-corrected chi connectivity index (χ2v) is 15.3. The third kappa shape index (κ3) is 4.41. The summed E-state index contributed by atoms with van der Waals surface area (Å²) in [5, 5.41) is 12.4. The van der Waals surface area contributed by atoms with Crippen LogP contribution in [0.5, 0.6) is 0 Å². The number of fused-ring (bicyclic) bond motifs is 11. The van der Waals surface area contributed by atoms with Gasteiger partial charge in [0.15, 0.2) is 0 Å². The van der Waals surface area contributed by atoms with E-state index < -0.39 is 0 Å². The molecule has 12 aromatic rings. The van der Waals surface area contributed by atoms with Crippen LogP contribution in [-0.2, 0) is 0 Å². The quantitative estimate of drug-likeness (QED) is 0.183. The normalized spacial score (nSPS) is 12.1. The van der Waals surface area contributed by atoms with Gasteiger partial charge >= 0.3 is 0 Å². The Morgan fingerprint density at radius 2 is 0.944 bits per heavy atom. The fourth-order valence-electron chi connectivity index (χ4n) is 8.53. The van der Waals surface area contributed by atoms with Gasteiger partial charge in [0, 0.05) is 53.1 Å². The maximum Gasteiger partial charge on any atom is 0.0973 e. The fraction of sp³-hybridized carbons (Fsp3) is 0. The maximum absolute atomic E-state index is 5.27. The highest BCUT2D eigenvalue weighted by Crippen LogP contribution is 2.41. The molecule has 0 unspecified atom stereocenters. The zero-order valence-corrected chi connectivity index (χ0v) is 29.8. The minimum atomic E-state index is 0.890. The molecule has 0 fully saturated rings. The number of thiophene rings is 1. The lowest BCUT2D eigenvalue weighted by Crippen LogP contribution is -1.96. The first kappa shape index (κ1) is 29.7. The molecule has 12 rings (SSSR count). The lowest BCUT2D eigenvalue weighted by atomic mass is 9.99. The van der Waals surface area contributed by atoms with Crippen molar-refractivity contribution in [2.75, 3.05) is 0 Å². The molecule has 0 radical (unpaired) electrons. The Labute approximate surface area is 314 Å². The summed E-state index contributed by atoms with van der Waals surface area (Å²) < 4.78 is 5.02. The van der Waals surface area contributed by atoms with Gasteiger partial charge in [0.2, 0.25) is 0 Å². The highest BCUT2D eigenvalue weighted by molar-refractivity contribution is 7.25. The Hall–Kier alpha value is -6.88. The van der Waals surface area contributed by atoms with E-state index >= 15 is 0 Å². The van der Waals surface area contributed by atoms with E-state index in [9.17, 15) is 0 Å². The average Bonchev–Trinajstić information content (AvgIpc) is 3.77. The summed E-state index contributed by atoms with van der Waals surface area (Å²) in [6.07, 6.45) is 0. The number of rotatable bonds is 3. The van der Waals surface area contributed by atoms with Gasteiger partial charge in [-0.2, -0.15) is 0 Å². The summed E-state index contributed by atoms with van der Waals surface area (Å²) in [6, 6.07) is 63.8. The first-order chi connectivity index (χ1) is 26.7. The lowest BCUT2D eigenvalue weighted by Gasteiger charge is -2.13. The molecule has 9 aromatic carbocycles. The molecule has 0 amide bonds. The van der Waals surface area contributed by atoms with E-state index in [1.807, 2.05) is 23.5 Å². The van der Waals surface area contributed by atoms with Crippen molar-refractivity contribution in [2.45, 2.75) is 0 Å². The van der Waals surface area contributed by atoms with Gasteiger partial charge in [0.05, 0.1) is 33.5 Å². The SMILES string of the molecule is c1ccc2cc3c(cc2c1)c1ccc2ccccc2c1n3-c1ccc2cc(-c3nc4ccccc4nc3-c3ccc4c(c3)sc3ccccc34)ccc2c1. The molecule has 0 spiro atoms. The fourth-order valence-corrected chi connectivity index (χ4v) is 9.67. The Kier molecular flexibility index (Phi) is 6.21. The number of hydrogen-bond acceptors (Lipinski definition) is 3. The van der Waals surface area contributed by atoms with Gasteiger partial charge in [-0.1, -0.05) is 121 Å². The van der Waals surface area contributed by atoms with Crippen molar-refractivity contribution in [1.82, 2.24) is 14.5 Å². The van der Waals surface area contributed by atoms with Gasteiger partial charge < -0.3 is 4.57 Å². The molecule has 3 nitrogen and oxygen atoms in total. The number of aromatic nitrogens is 3. The first-order valence-electron chi connectivity index (χ1n) is 18.3. The average molecular weight is 704 g/mol. The maximum atomic E-state index is 5.27. The van der Waals surface area contributed by atoms with Crippen molar-refractivity contribution in [1.29, 1.82) is 0 Å². The van der Waals surface area contributed by atoms with Crippen LogP contribution in [0.3, 0.4) is 0 Å². The van der Waals surface area contributed by atoms with Crippen molar-refractivity contribution in [2.24, 2.45) is 0 Å². The highest BCUT2D eigenvalue weighted by Gasteiger charge is 2.18. The summed E-state index contributed by atoms with van der Waals surface area (Å²) in [6.45, 7) is 0. The third-order valence-corrected chi connectivity index (χ3v) is 12.2. The molecule has 0 aliphatic heterocycles. The molecule has 250 valence electrons. The van der Waals surface area contributed by atoms with E-state index in [0.29, 0.717) is 0 Å². The Morgan fingerprint density at radius 1 is 0.370 bits per heavy atom. The third-order valence-electron chi connectivity index (χ3n) is 11.1. The minimum Gasteiger partial charge on any atom is -0.309 e. The monoisotopic (exact) mass is 703 g/mol. The summed E-state index contributed by atoms with van der Waals surface area (Å²) in [4.78, 5) is 10.5. The molecular weight excluding hydrogens is 675 g/mol. The van der Waals surface area contributed by atoms with Gasteiger partial charge in [-0.3, -0.25) is 0 Å². The molecule has 0 N–H and O–H groups in total. The minimum absolute atomic E-state index is 0.890. The number of benzene rings is 9.